The molecule has 94 valence electrons. The summed E-state index contributed by atoms with van der Waals surface area (Å²) >= 11 is 0. The Hall–Kier alpha value is -1.39. The quantitative estimate of drug-likeness (QED) is 0.747. The Bertz CT molecular complexity index is 353. The lowest BCUT2D eigenvalue weighted by atomic mass is 10.1. The molecule has 1 amide bonds. The lowest BCUT2D eigenvalue weighted by molar-refractivity contribution is -0.121. The first-order valence-electron chi connectivity index (χ1n) is 5.89. The molecule has 1 aromatic carbocycles. The Kier molecular flexibility index (Phi) is 6.29. The van der Waals surface area contributed by atoms with E-state index in [1.165, 1.54) is 0 Å². The van der Waals surface area contributed by atoms with Gasteiger partial charge in [-0.15, -0.1) is 0 Å². The number of amides is 1. The molecule has 0 aromatic heterocycles. The maximum absolute atomic E-state index is 11.3. The van der Waals surface area contributed by atoms with Crippen LogP contribution in [0.1, 0.15) is 24.5 Å². The molecule has 0 saturated carbocycles. The lowest BCUT2D eigenvalue weighted by Crippen LogP contribution is -2.25. The molecule has 0 saturated heterocycles. The van der Waals surface area contributed by atoms with Gasteiger partial charge < -0.3 is 15.8 Å². The van der Waals surface area contributed by atoms with Gasteiger partial charge in [-0.05, 0) is 18.1 Å². The standard InChI is InChI=1S/C13H20N2O2/c1-2-17-10-12-6-4-3-5-11(12)9-15-13(16)7-8-14/h3-6H,2,7-10,14H2,1H3,(H,15,16). The highest BCUT2D eigenvalue weighted by molar-refractivity contribution is 5.76. The first kappa shape index (κ1) is 13.7. The van der Waals surface area contributed by atoms with E-state index in [-0.39, 0.29) is 5.91 Å². The average molecular weight is 236 g/mol. The summed E-state index contributed by atoms with van der Waals surface area (Å²) in [5, 5.41) is 2.84. The Labute approximate surface area is 102 Å². The van der Waals surface area contributed by atoms with Crippen molar-refractivity contribution in [1.82, 2.24) is 5.32 Å². The first-order valence-corrected chi connectivity index (χ1v) is 5.89. The van der Waals surface area contributed by atoms with Crippen molar-refractivity contribution in [1.29, 1.82) is 0 Å². The SMILES string of the molecule is CCOCc1ccccc1CNC(=O)CCN. The third kappa shape index (κ3) is 4.97. The molecule has 0 fully saturated rings. The molecule has 17 heavy (non-hydrogen) atoms. The van der Waals surface area contributed by atoms with Gasteiger partial charge in [-0.2, -0.15) is 0 Å². The Morgan fingerprint density at radius 1 is 1.35 bits per heavy atom. The fraction of sp³-hybridized carbons (Fsp3) is 0.462. The van der Waals surface area contributed by atoms with Gasteiger partial charge in [0.25, 0.3) is 0 Å². The summed E-state index contributed by atoms with van der Waals surface area (Å²) in [6.45, 7) is 4.15. The van der Waals surface area contributed by atoms with Gasteiger partial charge in [0.05, 0.1) is 6.61 Å². The van der Waals surface area contributed by atoms with Crippen molar-refractivity contribution in [2.75, 3.05) is 13.2 Å². The van der Waals surface area contributed by atoms with Crippen molar-refractivity contribution >= 4 is 5.91 Å². The number of hydrogen-bond acceptors (Lipinski definition) is 3. The highest BCUT2D eigenvalue weighted by Gasteiger charge is 2.04. The minimum Gasteiger partial charge on any atom is -0.377 e. The molecule has 0 heterocycles. The van der Waals surface area contributed by atoms with Crippen LogP contribution in [0.25, 0.3) is 0 Å². The molecule has 0 bridgehead atoms. The molecule has 0 aliphatic carbocycles. The second kappa shape index (κ2) is 7.81. The number of nitrogens with one attached hydrogen (secondary N) is 1. The van der Waals surface area contributed by atoms with Crippen LogP contribution in [-0.4, -0.2) is 19.1 Å². The van der Waals surface area contributed by atoms with Gasteiger partial charge >= 0.3 is 0 Å². The molecular formula is C13H20N2O2. The highest BCUT2D eigenvalue weighted by atomic mass is 16.5. The molecule has 0 aliphatic rings. The van der Waals surface area contributed by atoms with Crippen molar-refractivity contribution in [2.24, 2.45) is 5.73 Å². The molecule has 0 aliphatic heterocycles. The maximum Gasteiger partial charge on any atom is 0.221 e. The molecule has 0 atom stereocenters. The molecule has 4 nitrogen and oxygen atoms in total. The summed E-state index contributed by atoms with van der Waals surface area (Å²) < 4.78 is 5.38. The summed E-state index contributed by atoms with van der Waals surface area (Å²) in [6, 6.07) is 7.94. The number of rotatable bonds is 7. The normalized spacial score (nSPS) is 10.2. The largest absolute Gasteiger partial charge is 0.377 e. The first-order chi connectivity index (χ1) is 8.27. The van der Waals surface area contributed by atoms with Gasteiger partial charge in [0.1, 0.15) is 0 Å². The third-order valence-electron chi connectivity index (χ3n) is 2.43. The molecule has 0 radical (unpaired) electrons. The fourth-order valence-electron chi connectivity index (χ4n) is 1.50. The minimum absolute atomic E-state index is 0.0151. The van der Waals surface area contributed by atoms with Gasteiger partial charge in [0.15, 0.2) is 0 Å². The van der Waals surface area contributed by atoms with Crippen LogP contribution >= 0.6 is 0 Å². The van der Waals surface area contributed by atoms with Crippen LogP contribution in [-0.2, 0) is 22.7 Å². The zero-order valence-corrected chi connectivity index (χ0v) is 10.2. The fourth-order valence-corrected chi connectivity index (χ4v) is 1.50. The number of hydrogen-bond donors (Lipinski definition) is 2. The Morgan fingerprint density at radius 2 is 2.06 bits per heavy atom. The van der Waals surface area contributed by atoms with Crippen LogP contribution in [0.4, 0.5) is 0 Å². The van der Waals surface area contributed by atoms with Gasteiger partial charge in [-0.25, -0.2) is 0 Å². The number of benzene rings is 1. The van der Waals surface area contributed by atoms with Crippen molar-refractivity contribution in [3.8, 4) is 0 Å². The molecule has 0 spiro atoms. The van der Waals surface area contributed by atoms with Crippen LogP contribution in [0.2, 0.25) is 0 Å². The summed E-state index contributed by atoms with van der Waals surface area (Å²) in [5.41, 5.74) is 7.52. The predicted molar refractivity (Wildman–Crippen MR) is 67.3 cm³/mol. The van der Waals surface area contributed by atoms with Crippen molar-refractivity contribution in [2.45, 2.75) is 26.5 Å². The summed E-state index contributed by atoms with van der Waals surface area (Å²) in [6.07, 6.45) is 0.369. The van der Waals surface area contributed by atoms with Crippen molar-refractivity contribution < 1.29 is 9.53 Å². The smallest absolute Gasteiger partial charge is 0.221 e. The monoisotopic (exact) mass is 236 g/mol. The molecular weight excluding hydrogens is 216 g/mol. The van der Waals surface area contributed by atoms with E-state index in [1.54, 1.807) is 0 Å². The number of carbonyl (C=O) groups excluding carboxylic acids is 1. The van der Waals surface area contributed by atoms with Gasteiger partial charge in [0.2, 0.25) is 5.91 Å². The number of carbonyl (C=O) groups is 1. The van der Waals surface area contributed by atoms with E-state index >= 15 is 0 Å². The van der Waals surface area contributed by atoms with Crippen LogP contribution in [0.5, 0.6) is 0 Å². The average Bonchev–Trinajstić information content (AvgIpc) is 2.35. The predicted octanol–water partition coefficient (Wildman–Crippen LogP) is 1.19. The van der Waals surface area contributed by atoms with E-state index in [0.717, 1.165) is 11.1 Å². The van der Waals surface area contributed by atoms with Gasteiger partial charge in [0, 0.05) is 26.1 Å². The van der Waals surface area contributed by atoms with Crippen LogP contribution in [0.3, 0.4) is 0 Å². The summed E-state index contributed by atoms with van der Waals surface area (Å²) in [5.74, 6) is -0.0151. The maximum atomic E-state index is 11.3. The minimum atomic E-state index is -0.0151. The zero-order valence-electron chi connectivity index (χ0n) is 10.2. The van der Waals surface area contributed by atoms with Crippen molar-refractivity contribution in [3.63, 3.8) is 0 Å². The second-order valence-corrected chi connectivity index (χ2v) is 3.72. The topological polar surface area (TPSA) is 64.3 Å². The van der Waals surface area contributed by atoms with E-state index in [9.17, 15) is 4.79 Å². The molecule has 1 aromatic rings. The molecule has 0 unspecified atom stereocenters. The lowest BCUT2D eigenvalue weighted by Gasteiger charge is -2.10. The van der Waals surface area contributed by atoms with Crippen molar-refractivity contribution in [3.05, 3.63) is 35.4 Å². The number of ether oxygens (including phenoxy) is 1. The molecule has 3 N–H and O–H groups in total. The van der Waals surface area contributed by atoms with E-state index in [2.05, 4.69) is 5.32 Å². The summed E-state index contributed by atoms with van der Waals surface area (Å²) in [4.78, 5) is 11.3. The van der Waals surface area contributed by atoms with E-state index in [0.29, 0.717) is 32.7 Å². The van der Waals surface area contributed by atoms with E-state index in [4.69, 9.17) is 10.5 Å². The second-order valence-electron chi connectivity index (χ2n) is 3.72. The van der Waals surface area contributed by atoms with Gasteiger partial charge in [-0.3, -0.25) is 4.79 Å². The Morgan fingerprint density at radius 3 is 2.71 bits per heavy atom. The molecule has 4 heteroatoms. The van der Waals surface area contributed by atoms with E-state index in [1.807, 2.05) is 31.2 Å². The Balaban J connectivity index is 2.54. The van der Waals surface area contributed by atoms with Crippen LogP contribution in [0.15, 0.2) is 24.3 Å². The van der Waals surface area contributed by atoms with E-state index < -0.39 is 0 Å². The third-order valence-corrected chi connectivity index (χ3v) is 2.43. The molecule has 1 rings (SSSR count). The van der Waals surface area contributed by atoms with Crippen LogP contribution < -0.4 is 11.1 Å². The van der Waals surface area contributed by atoms with Crippen LogP contribution in [0, 0.1) is 0 Å². The summed E-state index contributed by atoms with van der Waals surface area (Å²) in [7, 11) is 0. The van der Waals surface area contributed by atoms with Gasteiger partial charge in [-0.1, -0.05) is 24.3 Å². The highest BCUT2D eigenvalue weighted by Crippen LogP contribution is 2.09. The zero-order chi connectivity index (χ0) is 12.5. The number of nitrogens with two attached hydrogens (primary N) is 1.